The summed E-state index contributed by atoms with van der Waals surface area (Å²) in [4.78, 5) is 23.3. The molecular weight excluding hydrogens is 362 g/mol. The van der Waals surface area contributed by atoms with Gasteiger partial charge >= 0.3 is 5.97 Å². The summed E-state index contributed by atoms with van der Waals surface area (Å²) in [5.41, 5.74) is 0.519. The van der Waals surface area contributed by atoms with Crippen molar-refractivity contribution < 1.29 is 24.9 Å². The van der Waals surface area contributed by atoms with Crippen LogP contribution in [0.15, 0.2) is 18.2 Å². The molecule has 140 valence electrons. The van der Waals surface area contributed by atoms with Gasteiger partial charge in [-0.15, -0.1) is 0 Å². The topological polar surface area (TPSA) is 107 Å². The van der Waals surface area contributed by atoms with Crippen molar-refractivity contribution in [2.24, 2.45) is 0 Å². The lowest BCUT2D eigenvalue weighted by molar-refractivity contribution is -0.141. The van der Waals surface area contributed by atoms with E-state index in [4.69, 9.17) is 0 Å². The fourth-order valence-electron chi connectivity index (χ4n) is 2.33. The van der Waals surface area contributed by atoms with Gasteiger partial charge in [-0.25, -0.2) is 4.79 Å². The van der Waals surface area contributed by atoms with Crippen LogP contribution in [0, 0.1) is 0 Å². The van der Waals surface area contributed by atoms with Crippen LogP contribution in [0.2, 0.25) is 0 Å². The number of unbranched alkanes of at least 4 members (excludes halogenated alkanes) is 1. The molecule has 0 fully saturated rings. The van der Waals surface area contributed by atoms with Crippen LogP contribution in [-0.2, 0) is 16.0 Å². The molecule has 0 saturated carbocycles. The lowest BCUT2D eigenvalue weighted by Crippen LogP contribution is -2.42. The normalized spacial score (nSPS) is 13.2. The molecule has 6 nitrogen and oxygen atoms in total. The van der Waals surface area contributed by atoms with Gasteiger partial charge in [0.2, 0.25) is 5.91 Å². The number of carbonyl (C=O) groups excluding carboxylic acids is 1. The summed E-state index contributed by atoms with van der Waals surface area (Å²) in [6.45, 7) is 2.15. The number of amides is 1. The van der Waals surface area contributed by atoms with E-state index in [2.05, 4.69) is 12.2 Å². The molecule has 2 atom stereocenters. The van der Waals surface area contributed by atoms with Crippen molar-refractivity contribution in [1.29, 1.82) is 0 Å². The lowest BCUT2D eigenvalue weighted by atomic mass is 10.0. The molecule has 1 amide bonds. The SMILES string of the molecule is CSSC(C)CCCCC(=O)NC(Cc1ccc(O)c(O)c1)C(=O)O. The highest BCUT2D eigenvalue weighted by Crippen LogP contribution is 2.27. The van der Waals surface area contributed by atoms with E-state index in [1.165, 1.54) is 18.2 Å². The van der Waals surface area contributed by atoms with Crippen LogP contribution in [-0.4, -0.2) is 44.7 Å². The van der Waals surface area contributed by atoms with E-state index in [9.17, 15) is 24.9 Å². The number of carboxylic acids is 1. The van der Waals surface area contributed by atoms with Gasteiger partial charge in [-0.05, 0) is 36.8 Å². The fraction of sp³-hybridized carbons (Fsp3) is 0.529. The second-order valence-corrected chi connectivity index (χ2v) is 8.71. The number of aromatic hydroxyl groups is 2. The largest absolute Gasteiger partial charge is 0.504 e. The fourth-order valence-corrected chi connectivity index (χ4v) is 4.19. The van der Waals surface area contributed by atoms with Crippen molar-refractivity contribution in [1.82, 2.24) is 5.32 Å². The number of hydrogen-bond donors (Lipinski definition) is 4. The summed E-state index contributed by atoms with van der Waals surface area (Å²) in [6.07, 6.45) is 5.03. The first-order valence-electron chi connectivity index (χ1n) is 8.06. The Balaban J connectivity index is 2.45. The Morgan fingerprint density at radius 3 is 2.52 bits per heavy atom. The van der Waals surface area contributed by atoms with E-state index in [0.29, 0.717) is 17.2 Å². The number of benzene rings is 1. The van der Waals surface area contributed by atoms with Gasteiger partial charge in [0.15, 0.2) is 11.5 Å². The number of rotatable bonds is 11. The summed E-state index contributed by atoms with van der Waals surface area (Å²) in [7, 11) is 3.54. The Hall–Kier alpha value is -1.54. The van der Waals surface area contributed by atoms with Crippen LogP contribution in [0.5, 0.6) is 11.5 Å². The van der Waals surface area contributed by atoms with Crippen molar-refractivity contribution >= 4 is 33.5 Å². The lowest BCUT2D eigenvalue weighted by Gasteiger charge is -2.15. The number of hydrogen-bond acceptors (Lipinski definition) is 6. The highest BCUT2D eigenvalue weighted by Gasteiger charge is 2.20. The van der Waals surface area contributed by atoms with E-state index in [1.54, 1.807) is 10.8 Å². The van der Waals surface area contributed by atoms with Crippen molar-refractivity contribution in [3.63, 3.8) is 0 Å². The molecule has 8 heteroatoms. The molecule has 1 aromatic rings. The maximum Gasteiger partial charge on any atom is 0.326 e. The van der Waals surface area contributed by atoms with Gasteiger partial charge in [-0.2, -0.15) is 0 Å². The van der Waals surface area contributed by atoms with Crippen LogP contribution in [0.3, 0.4) is 0 Å². The molecule has 0 radical (unpaired) electrons. The number of carbonyl (C=O) groups is 2. The first-order valence-corrected chi connectivity index (χ1v) is 10.7. The van der Waals surface area contributed by atoms with Gasteiger partial charge in [0, 0.05) is 18.1 Å². The zero-order valence-corrected chi connectivity index (χ0v) is 16.0. The highest BCUT2D eigenvalue weighted by atomic mass is 33.1. The van der Waals surface area contributed by atoms with Crippen molar-refractivity contribution in [3.05, 3.63) is 23.8 Å². The molecular formula is C17H25NO5S2. The van der Waals surface area contributed by atoms with Gasteiger partial charge in [-0.3, -0.25) is 4.79 Å². The Morgan fingerprint density at radius 1 is 1.20 bits per heavy atom. The van der Waals surface area contributed by atoms with Crippen LogP contribution in [0.25, 0.3) is 0 Å². The molecule has 0 bridgehead atoms. The Labute approximate surface area is 155 Å². The third-order valence-corrected chi connectivity index (χ3v) is 5.96. The number of carboxylic acid groups (broad SMARTS) is 1. The zero-order valence-electron chi connectivity index (χ0n) is 14.4. The molecule has 0 aliphatic rings. The molecule has 0 heterocycles. The predicted octanol–water partition coefficient (Wildman–Crippen LogP) is 3.17. The van der Waals surface area contributed by atoms with E-state index in [0.717, 1.165) is 19.3 Å². The second kappa shape index (κ2) is 11.1. The molecule has 1 aromatic carbocycles. The summed E-state index contributed by atoms with van der Waals surface area (Å²) in [5, 5.41) is 31.1. The van der Waals surface area contributed by atoms with E-state index in [-0.39, 0.29) is 23.8 Å². The predicted molar refractivity (Wildman–Crippen MR) is 102 cm³/mol. The Kier molecular flexibility index (Phi) is 9.59. The first kappa shape index (κ1) is 21.5. The molecule has 0 spiro atoms. The minimum atomic E-state index is -1.13. The van der Waals surface area contributed by atoms with Gasteiger partial charge in [0.25, 0.3) is 0 Å². The zero-order chi connectivity index (χ0) is 18.8. The smallest absolute Gasteiger partial charge is 0.326 e. The molecule has 4 N–H and O–H groups in total. The molecule has 2 unspecified atom stereocenters. The van der Waals surface area contributed by atoms with Crippen LogP contribution < -0.4 is 5.32 Å². The van der Waals surface area contributed by atoms with E-state index < -0.39 is 12.0 Å². The quantitative estimate of drug-likeness (QED) is 0.262. The molecule has 0 aromatic heterocycles. The summed E-state index contributed by atoms with van der Waals surface area (Å²) in [5.74, 6) is -2.01. The van der Waals surface area contributed by atoms with E-state index >= 15 is 0 Å². The molecule has 1 rings (SSSR count). The standard InChI is InChI=1S/C17H25NO5S2/c1-11(25-24-2)5-3-4-6-16(21)18-13(17(22)23)9-12-7-8-14(19)15(20)10-12/h7-8,10-11,13,19-20H,3-6,9H2,1-2H3,(H,18,21)(H,22,23). The summed E-state index contributed by atoms with van der Waals surface area (Å²) < 4.78 is 0. The molecule has 25 heavy (non-hydrogen) atoms. The Bertz CT molecular complexity index is 582. The second-order valence-electron chi connectivity index (χ2n) is 5.80. The first-order chi connectivity index (χ1) is 11.8. The number of aliphatic carboxylic acids is 1. The molecule has 0 aliphatic carbocycles. The summed E-state index contributed by atoms with van der Waals surface area (Å²) in [6, 6.07) is 3.03. The minimum Gasteiger partial charge on any atom is -0.504 e. The van der Waals surface area contributed by atoms with Gasteiger partial charge in [0.05, 0.1) is 0 Å². The number of phenolic OH excluding ortho intramolecular Hbond substituents is 2. The van der Waals surface area contributed by atoms with Crippen LogP contribution in [0.4, 0.5) is 0 Å². The molecule has 0 aliphatic heterocycles. The highest BCUT2D eigenvalue weighted by molar-refractivity contribution is 8.76. The van der Waals surface area contributed by atoms with Crippen LogP contribution >= 0.6 is 21.6 Å². The number of nitrogens with one attached hydrogen (secondary N) is 1. The molecule has 0 saturated heterocycles. The maximum atomic E-state index is 12.0. The van der Waals surface area contributed by atoms with Crippen molar-refractivity contribution in [3.8, 4) is 11.5 Å². The van der Waals surface area contributed by atoms with Gasteiger partial charge in [-0.1, -0.05) is 41.0 Å². The van der Waals surface area contributed by atoms with Gasteiger partial charge in [0.1, 0.15) is 6.04 Å². The maximum absolute atomic E-state index is 12.0. The van der Waals surface area contributed by atoms with E-state index in [1.807, 2.05) is 17.0 Å². The van der Waals surface area contributed by atoms with Crippen molar-refractivity contribution in [2.45, 2.75) is 50.3 Å². The Morgan fingerprint density at radius 2 is 1.92 bits per heavy atom. The van der Waals surface area contributed by atoms with Gasteiger partial charge < -0.3 is 20.6 Å². The minimum absolute atomic E-state index is 0.0380. The summed E-state index contributed by atoms with van der Waals surface area (Å²) >= 11 is 0. The monoisotopic (exact) mass is 387 g/mol. The average Bonchev–Trinajstić information content (AvgIpc) is 2.54. The average molecular weight is 388 g/mol. The van der Waals surface area contributed by atoms with Crippen molar-refractivity contribution in [2.75, 3.05) is 6.26 Å². The third-order valence-electron chi connectivity index (χ3n) is 3.64. The third kappa shape index (κ3) is 8.40. The number of phenols is 2. The van der Waals surface area contributed by atoms with Crippen LogP contribution in [0.1, 0.15) is 38.2 Å².